The molecule has 1 saturated carbocycles. The third-order valence-electron chi connectivity index (χ3n) is 5.00. The highest BCUT2D eigenvalue weighted by molar-refractivity contribution is 5.86. The van der Waals surface area contributed by atoms with Crippen molar-refractivity contribution < 1.29 is 28.2 Å². The Bertz CT molecular complexity index is 1000. The van der Waals surface area contributed by atoms with E-state index in [2.05, 4.69) is 10.3 Å². The zero-order chi connectivity index (χ0) is 21.7. The summed E-state index contributed by atoms with van der Waals surface area (Å²) in [5.74, 6) is -1.44. The van der Waals surface area contributed by atoms with Gasteiger partial charge in [-0.1, -0.05) is 6.42 Å². The topological polar surface area (TPSA) is 85.4 Å². The Morgan fingerprint density at radius 2 is 1.80 bits per heavy atom. The molecule has 0 saturated heterocycles. The molecule has 1 atom stereocenters. The minimum Gasteiger partial charge on any atom is -0.394 e. The summed E-state index contributed by atoms with van der Waals surface area (Å²) in [7, 11) is 0. The Morgan fingerprint density at radius 1 is 1.10 bits per heavy atom. The highest BCUT2D eigenvalue weighted by Crippen LogP contribution is 2.27. The van der Waals surface area contributed by atoms with Gasteiger partial charge in [-0.3, -0.25) is 4.79 Å². The van der Waals surface area contributed by atoms with Gasteiger partial charge in [0.1, 0.15) is 17.5 Å². The molecule has 4 rings (SSSR count). The van der Waals surface area contributed by atoms with Gasteiger partial charge >= 0.3 is 0 Å². The van der Waals surface area contributed by atoms with Gasteiger partial charge in [-0.2, -0.15) is 0 Å². The molecule has 160 valence electrons. The third-order valence-corrected chi connectivity index (χ3v) is 5.00. The second-order valence-electron chi connectivity index (χ2n) is 7.25. The number of rotatable bonds is 5. The van der Waals surface area contributed by atoms with Crippen LogP contribution in [-0.2, 0) is 4.79 Å². The van der Waals surface area contributed by atoms with Gasteiger partial charge in [0.2, 0.25) is 5.91 Å². The molecule has 0 aliphatic heterocycles. The van der Waals surface area contributed by atoms with Crippen molar-refractivity contribution in [2.24, 2.45) is 5.92 Å². The van der Waals surface area contributed by atoms with Crippen LogP contribution in [0.5, 0.6) is 0 Å². The smallest absolute Gasteiger partial charge is 0.223 e. The van der Waals surface area contributed by atoms with Crippen molar-refractivity contribution in [2.75, 3.05) is 13.2 Å². The van der Waals surface area contributed by atoms with E-state index in [0.717, 1.165) is 25.3 Å². The van der Waals surface area contributed by atoms with Crippen molar-refractivity contribution in [1.82, 2.24) is 10.3 Å². The molecular formula is C22H23F3N2O3. The average molecular weight is 420 g/mol. The molecule has 1 unspecified atom stereocenters. The fourth-order valence-corrected chi connectivity index (χ4v) is 3.05. The minimum atomic E-state index is -0.825. The SMILES string of the molecule is Fc1ccc(-c2cc3cc(F)cc(F)c3[nH]2)cc1.O=C(NCC(O)CO)C1CCC1. The number of fused-ring (bicyclic) bond motifs is 1. The number of carbonyl (C=O) groups excluding carboxylic acids is 1. The van der Waals surface area contributed by atoms with E-state index in [1.165, 1.54) is 18.2 Å². The lowest BCUT2D eigenvalue weighted by atomic mass is 9.85. The Labute approximate surface area is 171 Å². The largest absolute Gasteiger partial charge is 0.394 e. The summed E-state index contributed by atoms with van der Waals surface area (Å²) in [6.07, 6.45) is 2.22. The van der Waals surface area contributed by atoms with E-state index < -0.39 is 17.7 Å². The molecule has 0 bridgehead atoms. The number of aromatic nitrogens is 1. The van der Waals surface area contributed by atoms with E-state index in [9.17, 15) is 18.0 Å². The van der Waals surface area contributed by atoms with E-state index in [0.29, 0.717) is 16.6 Å². The molecule has 3 aromatic rings. The van der Waals surface area contributed by atoms with Crippen LogP contribution < -0.4 is 5.32 Å². The molecule has 2 aromatic carbocycles. The number of benzene rings is 2. The second-order valence-corrected chi connectivity index (χ2v) is 7.25. The predicted octanol–water partition coefficient (Wildman–Crippen LogP) is 3.51. The Kier molecular flexibility index (Phi) is 7.12. The number of carbonyl (C=O) groups is 1. The van der Waals surface area contributed by atoms with Crippen molar-refractivity contribution in [2.45, 2.75) is 25.4 Å². The molecule has 30 heavy (non-hydrogen) atoms. The molecule has 1 fully saturated rings. The molecule has 0 radical (unpaired) electrons. The third kappa shape index (κ3) is 5.40. The number of hydrogen-bond acceptors (Lipinski definition) is 3. The van der Waals surface area contributed by atoms with Gasteiger partial charge in [0, 0.05) is 29.6 Å². The Morgan fingerprint density at radius 3 is 2.40 bits per heavy atom. The Hall–Kier alpha value is -2.84. The first-order valence-corrected chi connectivity index (χ1v) is 9.67. The lowest BCUT2D eigenvalue weighted by Gasteiger charge is -2.24. The number of hydrogen-bond donors (Lipinski definition) is 4. The van der Waals surface area contributed by atoms with Crippen LogP contribution in [0.1, 0.15) is 19.3 Å². The lowest BCUT2D eigenvalue weighted by molar-refractivity contribution is -0.127. The Balaban J connectivity index is 0.000000187. The normalized spacial score (nSPS) is 14.6. The summed E-state index contributed by atoms with van der Waals surface area (Å²) in [4.78, 5) is 14.0. The molecule has 1 amide bonds. The fourth-order valence-electron chi connectivity index (χ4n) is 3.05. The second kappa shape index (κ2) is 9.77. The summed E-state index contributed by atoms with van der Waals surface area (Å²) in [5, 5.41) is 20.4. The van der Waals surface area contributed by atoms with Crippen LogP contribution in [0.2, 0.25) is 0 Å². The van der Waals surface area contributed by atoms with Crippen molar-refractivity contribution >= 4 is 16.8 Å². The predicted molar refractivity (Wildman–Crippen MR) is 107 cm³/mol. The molecule has 1 aromatic heterocycles. The van der Waals surface area contributed by atoms with Crippen LogP contribution in [-0.4, -0.2) is 40.4 Å². The van der Waals surface area contributed by atoms with Crippen molar-refractivity contribution in [3.63, 3.8) is 0 Å². The molecule has 4 N–H and O–H groups in total. The minimum absolute atomic E-state index is 0.00810. The maximum atomic E-state index is 13.5. The van der Waals surface area contributed by atoms with Gasteiger partial charge in [-0.15, -0.1) is 0 Å². The zero-order valence-electron chi connectivity index (χ0n) is 16.2. The van der Waals surface area contributed by atoms with Gasteiger partial charge in [-0.25, -0.2) is 13.2 Å². The molecule has 1 aliphatic carbocycles. The van der Waals surface area contributed by atoms with Crippen molar-refractivity contribution in [3.8, 4) is 11.3 Å². The molecule has 0 spiro atoms. The van der Waals surface area contributed by atoms with Crippen molar-refractivity contribution in [1.29, 1.82) is 0 Å². The highest BCUT2D eigenvalue weighted by atomic mass is 19.1. The van der Waals surface area contributed by atoms with Gasteiger partial charge in [-0.05, 0) is 54.8 Å². The summed E-state index contributed by atoms with van der Waals surface area (Å²) < 4.78 is 39.4. The highest BCUT2D eigenvalue weighted by Gasteiger charge is 2.25. The van der Waals surface area contributed by atoms with Crippen LogP contribution in [0.15, 0.2) is 42.5 Å². The van der Waals surface area contributed by atoms with Crippen LogP contribution in [0.25, 0.3) is 22.2 Å². The quantitative estimate of drug-likeness (QED) is 0.510. The first-order chi connectivity index (χ1) is 14.4. The number of nitrogens with one attached hydrogen (secondary N) is 2. The maximum absolute atomic E-state index is 13.5. The van der Waals surface area contributed by atoms with Gasteiger partial charge in [0.05, 0.1) is 18.2 Å². The maximum Gasteiger partial charge on any atom is 0.223 e. The summed E-state index contributed by atoms with van der Waals surface area (Å²) in [6, 6.07) is 9.50. The zero-order valence-corrected chi connectivity index (χ0v) is 16.2. The molecule has 8 heteroatoms. The molecular weight excluding hydrogens is 397 g/mol. The van der Waals surface area contributed by atoms with Gasteiger partial charge in [0.15, 0.2) is 0 Å². The van der Waals surface area contributed by atoms with Crippen LogP contribution >= 0.6 is 0 Å². The number of amides is 1. The molecule has 1 heterocycles. The van der Waals surface area contributed by atoms with Crippen LogP contribution in [0.4, 0.5) is 13.2 Å². The van der Waals surface area contributed by atoms with E-state index in [4.69, 9.17) is 10.2 Å². The van der Waals surface area contributed by atoms with E-state index in [1.807, 2.05) is 0 Å². The van der Waals surface area contributed by atoms with E-state index >= 15 is 0 Å². The number of halogens is 3. The summed E-state index contributed by atoms with van der Waals surface area (Å²) in [5.41, 5.74) is 1.58. The fraction of sp³-hybridized carbons (Fsp3) is 0.318. The number of aliphatic hydroxyl groups excluding tert-OH is 2. The molecule has 5 nitrogen and oxygen atoms in total. The summed E-state index contributed by atoms with van der Waals surface area (Å²) in [6.45, 7) is -0.142. The van der Waals surface area contributed by atoms with E-state index in [-0.39, 0.29) is 36.3 Å². The van der Waals surface area contributed by atoms with Crippen LogP contribution in [0.3, 0.4) is 0 Å². The van der Waals surface area contributed by atoms with Gasteiger partial charge in [0.25, 0.3) is 0 Å². The van der Waals surface area contributed by atoms with E-state index in [1.54, 1.807) is 18.2 Å². The number of aromatic amines is 1. The number of H-pyrrole nitrogens is 1. The van der Waals surface area contributed by atoms with Crippen LogP contribution in [0, 0.1) is 23.4 Å². The number of aliphatic hydroxyl groups is 2. The first-order valence-electron chi connectivity index (χ1n) is 9.67. The van der Waals surface area contributed by atoms with Crippen molar-refractivity contribution in [3.05, 3.63) is 59.9 Å². The monoisotopic (exact) mass is 420 g/mol. The standard InChI is InChI=1S/C14H8F3N.C8H15NO3/c15-10-3-1-8(2-4-10)13-6-9-5-11(16)7-12(17)14(9)18-13;10-5-7(11)4-9-8(12)6-2-1-3-6/h1-7,18H;6-7,10-11H,1-5H2,(H,9,12). The lowest BCUT2D eigenvalue weighted by Crippen LogP contribution is -2.39. The summed E-state index contributed by atoms with van der Waals surface area (Å²) >= 11 is 0. The van der Waals surface area contributed by atoms with Gasteiger partial charge < -0.3 is 20.5 Å². The average Bonchev–Trinajstić information content (AvgIpc) is 3.10. The molecule has 1 aliphatic rings. The first kappa shape index (κ1) is 21.9.